The number of hydrogen-bond donors (Lipinski definition) is 1. The van der Waals surface area contributed by atoms with Crippen LogP contribution in [-0.4, -0.2) is 24.8 Å². The first kappa shape index (κ1) is 14.2. The van der Waals surface area contributed by atoms with Crippen LogP contribution in [-0.2, 0) is 11.8 Å². The largest absolute Gasteiger partial charge is 0.395 e. The van der Waals surface area contributed by atoms with Crippen LogP contribution in [0.4, 0.5) is 5.69 Å². The van der Waals surface area contributed by atoms with Crippen molar-refractivity contribution in [3.8, 4) is 0 Å². The Morgan fingerprint density at radius 3 is 2.52 bits per heavy atom. The lowest BCUT2D eigenvalue weighted by Crippen LogP contribution is -2.43. The summed E-state index contributed by atoms with van der Waals surface area (Å²) in [7, 11) is 0. The quantitative estimate of drug-likeness (QED) is 0.928. The summed E-state index contributed by atoms with van der Waals surface area (Å²) in [5.41, 5.74) is 3.73. The molecule has 1 aliphatic heterocycles. The van der Waals surface area contributed by atoms with E-state index < -0.39 is 0 Å². The lowest BCUT2D eigenvalue weighted by molar-refractivity contribution is 0.207. The second-order valence-corrected chi connectivity index (χ2v) is 6.24. The van der Waals surface area contributed by atoms with Crippen LogP contribution < -0.4 is 4.90 Å². The molecule has 2 nitrogen and oxygen atoms in total. The number of benzene rings is 2. The minimum atomic E-state index is -0.230. The van der Waals surface area contributed by atoms with E-state index >= 15 is 0 Å². The van der Waals surface area contributed by atoms with Gasteiger partial charge in [-0.1, -0.05) is 55.5 Å². The standard InChI is InChI=1S/C19H23NO/c1-19(15-21,17-10-3-2-4-11-17)14-20-13-7-9-16-8-5-6-12-18(16)20/h2-6,8,10-12,21H,7,9,13-15H2,1H3. The Morgan fingerprint density at radius 2 is 1.76 bits per heavy atom. The number of anilines is 1. The van der Waals surface area contributed by atoms with Crippen molar-refractivity contribution in [3.05, 3.63) is 65.7 Å². The summed E-state index contributed by atoms with van der Waals surface area (Å²) in [5, 5.41) is 9.99. The number of fused-ring (bicyclic) bond motifs is 1. The van der Waals surface area contributed by atoms with Gasteiger partial charge in [0.25, 0.3) is 0 Å². The normalized spacial score (nSPS) is 17.1. The van der Waals surface area contributed by atoms with E-state index in [1.54, 1.807) is 0 Å². The van der Waals surface area contributed by atoms with E-state index in [0.717, 1.165) is 19.5 Å². The zero-order chi connectivity index (χ0) is 14.7. The van der Waals surface area contributed by atoms with Crippen molar-refractivity contribution in [2.24, 2.45) is 0 Å². The second-order valence-electron chi connectivity index (χ2n) is 6.24. The molecule has 0 radical (unpaired) electrons. The molecule has 2 aromatic carbocycles. The molecule has 0 saturated heterocycles. The SMILES string of the molecule is CC(CO)(CN1CCCc2ccccc21)c1ccccc1. The highest BCUT2D eigenvalue weighted by molar-refractivity contribution is 5.56. The molecule has 0 saturated carbocycles. The zero-order valence-corrected chi connectivity index (χ0v) is 12.6. The van der Waals surface area contributed by atoms with Crippen LogP contribution in [0.3, 0.4) is 0 Å². The third kappa shape index (κ3) is 2.81. The van der Waals surface area contributed by atoms with Gasteiger partial charge in [0, 0.05) is 24.2 Å². The van der Waals surface area contributed by atoms with Gasteiger partial charge in [0.1, 0.15) is 0 Å². The maximum Gasteiger partial charge on any atom is 0.0542 e. The van der Waals surface area contributed by atoms with E-state index in [4.69, 9.17) is 0 Å². The molecule has 21 heavy (non-hydrogen) atoms. The van der Waals surface area contributed by atoms with Gasteiger partial charge in [-0.05, 0) is 30.0 Å². The van der Waals surface area contributed by atoms with Crippen molar-refractivity contribution in [2.75, 3.05) is 24.6 Å². The van der Waals surface area contributed by atoms with E-state index in [2.05, 4.69) is 48.2 Å². The fourth-order valence-electron chi connectivity index (χ4n) is 3.27. The molecule has 0 bridgehead atoms. The van der Waals surface area contributed by atoms with Gasteiger partial charge >= 0.3 is 0 Å². The van der Waals surface area contributed by atoms with Gasteiger partial charge in [0.15, 0.2) is 0 Å². The Hall–Kier alpha value is -1.80. The van der Waals surface area contributed by atoms with E-state index in [1.807, 2.05) is 18.2 Å². The molecular formula is C19H23NO. The number of nitrogens with zero attached hydrogens (tertiary/aromatic N) is 1. The predicted octanol–water partition coefficient (Wildman–Crippen LogP) is 3.39. The van der Waals surface area contributed by atoms with E-state index in [9.17, 15) is 5.11 Å². The highest BCUT2D eigenvalue weighted by Gasteiger charge is 2.30. The van der Waals surface area contributed by atoms with Gasteiger partial charge in [0.2, 0.25) is 0 Å². The summed E-state index contributed by atoms with van der Waals surface area (Å²) in [6.45, 7) is 4.24. The Morgan fingerprint density at radius 1 is 1.05 bits per heavy atom. The molecular weight excluding hydrogens is 258 g/mol. The number of aryl methyl sites for hydroxylation is 1. The molecule has 1 heterocycles. The van der Waals surface area contributed by atoms with Gasteiger partial charge in [-0.2, -0.15) is 0 Å². The van der Waals surface area contributed by atoms with Crippen LogP contribution in [0.5, 0.6) is 0 Å². The molecule has 2 heteroatoms. The van der Waals surface area contributed by atoms with Crippen molar-refractivity contribution < 1.29 is 5.11 Å². The first-order valence-corrected chi connectivity index (χ1v) is 7.72. The lowest BCUT2D eigenvalue weighted by atomic mass is 9.82. The lowest BCUT2D eigenvalue weighted by Gasteiger charge is -2.39. The Bertz CT molecular complexity index is 596. The third-order valence-corrected chi connectivity index (χ3v) is 4.57. The van der Waals surface area contributed by atoms with Crippen molar-refractivity contribution in [3.63, 3.8) is 0 Å². The average molecular weight is 281 g/mol. The van der Waals surface area contributed by atoms with Gasteiger partial charge in [-0.3, -0.25) is 0 Å². The summed E-state index contributed by atoms with van der Waals surface area (Å²) in [5.74, 6) is 0. The fourth-order valence-corrected chi connectivity index (χ4v) is 3.27. The van der Waals surface area contributed by atoms with Crippen molar-refractivity contribution in [2.45, 2.75) is 25.2 Å². The monoisotopic (exact) mass is 281 g/mol. The molecule has 0 fully saturated rings. The molecule has 1 atom stereocenters. The minimum absolute atomic E-state index is 0.162. The highest BCUT2D eigenvalue weighted by atomic mass is 16.3. The molecule has 0 spiro atoms. The number of aliphatic hydroxyl groups is 1. The maximum absolute atomic E-state index is 9.99. The van der Waals surface area contributed by atoms with Crippen molar-refractivity contribution in [1.82, 2.24) is 0 Å². The Kier molecular flexibility index (Phi) is 3.98. The molecule has 0 aliphatic carbocycles. The van der Waals surface area contributed by atoms with Crippen LogP contribution in [0, 0.1) is 0 Å². The van der Waals surface area contributed by atoms with Crippen molar-refractivity contribution in [1.29, 1.82) is 0 Å². The van der Waals surface area contributed by atoms with E-state index in [0.29, 0.717) is 0 Å². The van der Waals surface area contributed by atoms with Gasteiger partial charge < -0.3 is 10.0 Å². The van der Waals surface area contributed by atoms with Gasteiger partial charge in [-0.15, -0.1) is 0 Å². The van der Waals surface area contributed by atoms with Crippen LogP contribution in [0.25, 0.3) is 0 Å². The zero-order valence-electron chi connectivity index (χ0n) is 12.6. The highest BCUT2D eigenvalue weighted by Crippen LogP contribution is 2.31. The molecule has 110 valence electrons. The topological polar surface area (TPSA) is 23.5 Å². The van der Waals surface area contributed by atoms with Crippen LogP contribution in [0.2, 0.25) is 0 Å². The maximum atomic E-state index is 9.99. The second kappa shape index (κ2) is 5.90. The molecule has 1 unspecified atom stereocenters. The summed E-state index contributed by atoms with van der Waals surface area (Å²) >= 11 is 0. The average Bonchev–Trinajstić information content (AvgIpc) is 2.56. The molecule has 3 rings (SSSR count). The smallest absolute Gasteiger partial charge is 0.0542 e. The summed E-state index contributed by atoms with van der Waals surface area (Å²) in [6.07, 6.45) is 2.35. The third-order valence-electron chi connectivity index (χ3n) is 4.57. The Labute approximate surface area is 127 Å². The first-order chi connectivity index (χ1) is 10.2. The van der Waals surface area contributed by atoms with Crippen molar-refractivity contribution >= 4 is 5.69 Å². The molecule has 1 N–H and O–H groups in total. The molecule has 0 aromatic heterocycles. The molecule has 0 amide bonds. The first-order valence-electron chi connectivity index (χ1n) is 7.72. The Balaban J connectivity index is 1.89. The minimum Gasteiger partial charge on any atom is -0.395 e. The van der Waals surface area contributed by atoms with E-state index in [-0.39, 0.29) is 12.0 Å². The van der Waals surface area contributed by atoms with E-state index in [1.165, 1.54) is 23.2 Å². The van der Waals surface area contributed by atoms with Crippen LogP contribution >= 0.6 is 0 Å². The summed E-state index contributed by atoms with van der Waals surface area (Å²) < 4.78 is 0. The molecule has 1 aliphatic rings. The number of aliphatic hydroxyl groups excluding tert-OH is 1. The number of rotatable bonds is 4. The number of hydrogen-bond acceptors (Lipinski definition) is 2. The molecule has 2 aromatic rings. The summed E-state index contributed by atoms with van der Waals surface area (Å²) in [6, 6.07) is 19.0. The fraction of sp³-hybridized carbons (Fsp3) is 0.368. The van der Waals surface area contributed by atoms with Crippen LogP contribution in [0.15, 0.2) is 54.6 Å². The van der Waals surface area contributed by atoms with Gasteiger partial charge in [0.05, 0.1) is 6.61 Å². The van der Waals surface area contributed by atoms with Crippen LogP contribution in [0.1, 0.15) is 24.5 Å². The number of para-hydroxylation sites is 1. The summed E-state index contributed by atoms with van der Waals surface area (Å²) in [4.78, 5) is 2.43. The predicted molar refractivity (Wildman–Crippen MR) is 87.9 cm³/mol. The van der Waals surface area contributed by atoms with Gasteiger partial charge in [-0.25, -0.2) is 0 Å².